The zero-order chi connectivity index (χ0) is 14.0. The van der Waals surface area contributed by atoms with Crippen molar-refractivity contribution in [2.75, 3.05) is 18.0 Å². The molecule has 1 aromatic rings. The Balaban J connectivity index is 2.16. The van der Waals surface area contributed by atoms with Crippen molar-refractivity contribution in [3.05, 3.63) is 28.8 Å². The molecule has 0 radical (unpaired) electrons. The fourth-order valence-electron chi connectivity index (χ4n) is 2.68. The number of nitrogens with zero attached hydrogens (tertiary/aromatic N) is 1. The summed E-state index contributed by atoms with van der Waals surface area (Å²) in [5.41, 5.74) is 8.11. The van der Waals surface area contributed by atoms with E-state index in [0.29, 0.717) is 0 Å². The minimum Gasteiger partial charge on any atom is -0.372 e. The second-order valence-electron chi connectivity index (χ2n) is 5.63. The fraction of sp³-hybridized carbons (Fsp3) is 0.600. The van der Waals surface area contributed by atoms with Crippen molar-refractivity contribution in [2.45, 2.75) is 45.4 Å². The van der Waals surface area contributed by atoms with Crippen molar-refractivity contribution in [1.82, 2.24) is 0 Å². The van der Waals surface area contributed by atoms with E-state index < -0.39 is 0 Å². The van der Waals surface area contributed by atoms with Crippen LogP contribution >= 0.6 is 11.6 Å². The molecule has 3 nitrogen and oxygen atoms in total. The SMILES string of the molecule is CC(N)Cc1ccc(N2C[C@@H](C)O[C@@H](C)C2)c(Cl)c1. The van der Waals surface area contributed by atoms with Crippen LogP contribution in [0.15, 0.2) is 18.2 Å². The molecule has 0 bridgehead atoms. The number of benzene rings is 1. The lowest BCUT2D eigenvalue weighted by Gasteiger charge is -2.37. The first-order valence-electron chi connectivity index (χ1n) is 6.90. The van der Waals surface area contributed by atoms with E-state index in [0.717, 1.165) is 30.2 Å². The summed E-state index contributed by atoms with van der Waals surface area (Å²) in [6, 6.07) is 6.41. The average Bonchev–Trinajstić information content (AvgIpc) is 2.26. The third kappa shape index (κ3) is 3.85. The summed E-state index contributed by atoms with van der Waals surface area (Å²) in [5, 5.41) is 0.805. The van der Waals surface area contributed by atoms with Crippen molar-refractivity contribution < 1.29 is 4.74 Å². The Morgan fingerprint density at radius 3 is 2.53 bits per heavy atom. The lowest BCUT2D eigenvalue weighted by molar-refractivity contribution is -0.00520. The van der Waals surface area contributed by atoms with E-state index in [4.69, 9.17) is 22.1 Å². The number of rotatable bonds is 3. The fourth-order valence-corrected chi connectivity index (χ4v) is 3.00. The third-order valence-electron chi connectivity index (χ3n) is 3.33. The Hall–Kier alpha value is -0.770. The highest BCUT2D eigenvalue weighted by atomic mass is 35.5. The minimum atomic E-state index is 0.158. The third-order valence-corrected chi connectivity index (χ3v) is 3.63. The molecule has 1 aliphatic heterocycles. The van der Waals surface area contributed by atoms with E-state index >= 15 is 0 Å². The van der Waals surface area contributed by atoms with Gasteiger partial charge in [-0.25, -0.2) is 0 Å². The van der Waals surface area contributed by atoms with Crippen LogP contribution in [0.5, 0.6) is 0 Å². The van der Waals surface area contributed by atoms with Crippen molar-refractivity contribution in [1.29, 1.82) is 0 Å². The predicted molar refractivity (Wildman–Crippen MR) is 81.0 cm³/mol. The minimum absolute atomic E-state index is 0.158. The van der Waals surface area contributed by atoms with Gasteiger partial charge in [0.1, 0.15) is 0 Å². The normalized spacial score (nSPS) is 25.4. The molecule has 19 heavy (non-hydrogen) atoms. The van der Waals surface area contributed by atoms with E-state index in [1.165, 1.54) is 5.56 Å². The number of nitrogens with two attached hydrogens (primary N) is 1. The van der Waals surface area contributed by atoms with Crippen LogP contribution in [0.1, 0.15) is 26.3 Å². The highest BCUT2D eigenvalue weighted by Gasteiger charge is 2.23. The Bertz CT molecular complexity index is 426. The first-order valence-corrected chi connectivity index (χ1v) is 7.28. The molecule has 1 fully saturated rings. The average molecular weight is 283 g/mol. The Labute approximate surface area is 120 Å². The molecule has 1 unspecified atom stereocenters. The van der Waals surface area contributed by atoms with E-state index in [-0.39, 0.29) is 18.2 Å². The molecule has 0 amide bonds. The Morgan fingerprint density at radius 2 is 2.00 bits per heavy atom. The summed E-state index contributed by atoms with van der Waals surface area (Å²) >= 11 is 6.42. The van der Waals surface area contributed by atoms with Gasteiger partial charge < -0.3 is 15.4 Å². The first-order chi connectivity index (χ1) is 8.95. The number of anilines is 1. The topological polar surface area (TPSA) is 38.5 Å². The highest BCUT2D eigenvalue weighted by molar-refractivity contribution is 6.33. The van der Waals surface area contributed by atoms with Gasteiger partial charge in [-0.2, -0.15) is 0 Å². The summed E-state index contributed by atoms with van der Waals surface area (Å²) in [6.45, 7) is 7.97. The molecular formula is C15H23ClN2O. The Kier molecular flexibility index (Phi) is 4.71. The molecule has 0 aliphatic carbocycles. The van der Waals surface area contributed by atoms with Gasteiger partial charge in [0.05, 0.1) is 22.9 Å². The maximum Gasteiger partial charge on any atom is 0.0726 e. The molecule has 2 rings (SSSR count). The van der Waals surface area contributed by atoms with Gasteiger partial charge in [0.2, 0.25) is 0 Å². The van der Waals surface area contributed by atoms with Crippen LogP contribution in [0.4, 0.5) is 5.69 Å². The van der Waals surface area contributed by atoms with Crippen LogP contribution in [0.3, 0.4) is 0 Å². The molecule has 4 heteroatoms. The summed E-state index contributed by atoms with van der Waals surface area (Å²) < 4.78 is 5.75. The summed E-state index contributed by atoms with van der Waals surface area (Å²) in [6.07, 6.45) is 1.34. The molecule has 1 aliphatic rings. The van der Waals surface area contributed by atoms with Gasteiger partial charge in [-0.1, -0.05) is 17.7 Å². The van der Waals surface area contributed by atoms with Crippen molar-refractivity contribution in [3.8, 4) is 0 Å². The highest BCUT2D eigenvalue weighted by Crippen LogP contribution is 2.29. The van der Waals surface area contributed by atoms with Gasteiger partial charge in [-0.05, 0) is 44.9 Å². The van der Waals surface area contributed by atoms with Crippen LogP contribution in [0.2, 0.25) is 5.02 Å². The van der Waals surface area contributed by atoms with Crippen LogP contribution in [0.25, 0.3) is 0 Å². The molecule has 1 aromatic carbocycles. The van der Waals surface area contributed by atoms with Crippen LogP contribution in [0, 0.1) is 0 Å². The van der Waals surface area contributed by atoms with Gasteiger partial charge in [0.15, 0.2) is 0 Å². The summed E-state index contributed by atoms with van der Waals surface area (Å²) in [7, 11) is 0. The van der Waals surface area contributed by atoms with Gasteiger partial charge in [-0.3, -0.25) is 0 Å². The van der Waals surface area contributed by atoms with Crippen molar-refractivity contribution in [3.63, 3.8) is 0 Å². The zero-order valence-electron chi connectivity index (χ0n) is 11.9. The number of halogens is 1. The van der Waals surface area contributed by atoms with Crippen LogP contribution in [-0.4, -0.2) is 31.3 Å². The maximum atomic E-state index is 6.42. The van der Waals surface area contributed by atoms with E-state index in [9.17, 15) is 0 Å². The second kappa shape index (κ2) is 6.12. The van der Waals surface area contributed by atoms with Crippen molar-refractivity contribution >= 4 is 17.3 Å². The molecule has 1 heterocycles. The predicted octanol–water partition coefficient (Wildman–Crippen LogP) is 2.84. The standard InChI is InChI=1S/C15H23ClN2O/c1-10(17)6-13-4-5-15(14(16)7-13)18-8-11(2)19-12(3)9-18/h4-5,7,10-12H,6,8-9,17H2,1-3H3/t10?,11-,12+. The number of hydrogen-bond acceptors (Lipinski definition) is 3. The van der Waals surface area contributed by atoms with E-state index in [2.05, 4.69) is 30.9 Å². The van der Waals surface area contributed by atoms with E-state index in [1.807, 2.05) is 13.0 Å². The first kappa shape index (κ1) is 14.6. The maximum absolute atomic E-state index is 6.42. The van der Waals surface area contributed by atoms with Gasteiger partial charge >= 0.3 is 0 Å². The molecule has 2 N–H and O–H groups in total. The number of ether oxygens (including phenoxy) is 1. The molecule has 3 atom stereocenters. The number of hydrogen-bond donors (Lipinski definition) is 1. The van der Waals surface area contributed by atoms with Gasteiger partial charge in [0.25, 0.3) is 0 Å². The van der Waals surface area contributed by atoms with Crippen molar-refractivity contribution in [2.24, 2.45) is 5.73 Å². The lowest BCUT2D eigenvalue weighted by atomic mass is 10.1. The van der Waals surface area contributed by atoms with Crippen LogP contribution in [-0.2, 0) is 11.2 Å². The molecular weight excluding hydrogens is 260 g/mol. The molecule has 0 spiro atoms. The zero-order valence-corrected chi connectivity index (χ0v) is 12.7. The van der Waals surface area contributed by atoms with Gasteiger partial charge in [-0.15, -0.1) is 0 Å². The molecule has 106 valence electrons. The second-order valence-corrected chi connectivity index (χ2v) is 6.04. The summed E-state index contributed by atoms with van der Waals surface area (Å²) in [5.74, 6) is 0. The summed E-state index contributed by atoms with van der Waals surface area (Å²) in [4.78, 5) is 2.30. The largest absolute Gasteiger partial charge is 0.372 e. The van der Waals surface area contributed by atoms with E-state index in [1.54, 1.807) is 0 Å². The molecule has 0 saturated carbocycles. The smallest absolute Gasteiger partial charge is 0.0726 e. The quantitative estimate of drug-likeness (QED) is 0.926. The molecule has 1 saturated heterocycles. The molecule has 0 aromatic heterocycles. The monoisotopic (exact) mass is 282 g/mol. The van der Waals surface area contributed by atoms with Gasteiger partial charge in [0, 0.05) is 19.1 Å². The lowest BCUT2D eigenvalue weighted by Crippen LogP contribution is -2.45. The number of morpholine rings is 1. The van der Waals surface area contributed by atoms with Crippen LogP contribution < -0.4 is 10.6 Å². The Morgan fingerprint density at radius 1 is 1.37 bits per heavy atom.